The number of halogens is 2. The van der Waals surface area contributed by atoms with Gasteiger partial charge in [-0.15, -0.1) is 0 Å². The third-order valence-corrected chi connectivity index (χ3v) is 3.79. The molecule has 3 rings (SSSR count). The number of hydrogen-bond donors (Lipinski definition) is 2. The number of rotatable bonds is 0. The highest BCUT2D eigenvalue weighted by molar-refractivity contribution is 5.98. The standard InChI is InChI=1S/C13H14F2N2O/c14-8-5-6-10-12(11(8)15)16-9-4-2-1-3-7(9)13(18)17-10/h5-7,9,16H,1-4H2,(H,17,18). The molecule has 0 aromatic heterocycles. The minimum atomic E-state index is -0.918. The predicted octanol–water partition coefficient (Wildman–Crippen LogP) is 2.89. The Balaban J connectivity index is 2.04. The second-order valence-electron chi connectivity index (χ2n) is 4.91. The maximum Gasteiger partial charge on any atom is 0.229 e. The molecule has 1 aliphatic heterocycles. The van der Waals surface area contributed by atoms with E-state index in [0.717, 1.165) is 31.7 Å². The average Bonchev–Trinajstić information content (AvgIpc) is 2.52. The van der Waals surface area contributed by atoms with Crippen molar-refractivity contribution >= 4 is 17.3 Å². The zero-order valence-corrected chi connectivity index (χ0v) is 9.80. The van der Waals surface area contributed by atoms with E-state index in [1.165, 1.54) is 6.07 Å². The second kappa shape index (κ2) is 4.23. The Morgan fingerprint density at radius 2 is 1.94 bits per heavy atom. The van der Waals surface area contributed by atoms with Crippen LogP contribution >= 0.6 is 0 Å². The molecule has 2 N–H and O–H groups in total. The fraction of sp³-hybridized carbons (Fsp3) is 0.462. The lowest BCUT2D eigenvalue weighted by Crippen LogP contribution is -2.37. The van der Waals surface area contributed by atoms with Crippen LogP contribution in [0, 0.1) is 17.6 Å². The van der Waals surface area contributed by atoms with E-state index in [1.54, 1.807) is 0 Å². The maximum absolute atomic E-state index is 13.8. The summed E-state index contributed by atoms with van der Waals surface area (Å²) in [5, 5.41) is 5.68. The van der Waals surface area contributed by atoms with Crippen LogP contribution in [0.25, 0.3) is 0 Å². The SMILES string of the molecule is O=C1Nc2ccc(F)c(F)c2NC2CCCCC12. The van der Waals surface area contributed by atoms with Crippen molar-refractivity contribution in [1.29, 1.82) is 0 Å². The quantitative estimate of drug-likeness (QED) is 0.745. The summed E-state index contributed by atoms with van der Waals surface area (Å²) in [6.45, 7) is 0. The van der Waals surface area contributed by atoms with E-state index in [2.05, 4.69) is 10.6 Å². The molecule has 1 amide bonds. The van der Waals surface area contributed by atoms with Crippen molar-refractivity contribution in [2.24, 2.45) is 5.92 Å². The van der Waals surface area contributed by atoms with Gasteiger partial charge >= 0.3 is 0 Å². The van der Waals surface area contributed by atoms with Gasteiger partial charge in [-0.2, -0.15) is 0 Å². The summed E-state index contributed by atoms with van der Waals surface area (Å²) in [6.07, 6.45) is 3.62. The normalized spacial score (nSPS) is 26.4. The van der Waals surface area contributed by atoms with Crippen LogP contribution in [0.5, 0.6) is 0 Å². The van der Waals surface area contributed by atoms with Crippen LogP contribution in [0.4, 0.5) is 20.2 Å². The van der Waals surface area contributed by atoms with Gasteiger partial charge in [0.2, 0.25) is 5.91 Å². The molecule has 3 nitrogen and oxygen atoms in total. The third kappa shape index (κ3) is 1.74. The van der Waals surface area contributed by atoms with Crippen LogP contribution in [0.3, 0.4) is 0 Å². The molecule has 0 bridgehead atoms. The Morgan fingerprint density at radius 1 is 1.17 bits per heavy atom. The van der Waals surface area contributed by atoms with Crippen molar-refractivity contribution in [2.75, 3.05) is 10.6 Å². The molecule has 18 heavy (non-hydrogen) atoms. The number of benzene rings is 1. The van der Waals surface area contributed by atoms with Crippen molar-refractivity contribution in [1.82, 2.24) is 0 Å². The van der Waals surface area contributed by atoms with Gasteiger partial charge in [0.05, 0.1) is 17.3 Å². The van der Waals surface area contributed by atoms with Crippen molar-refractivity contribution in [2.45, 2.75) is 31.7 Å². The first kappa shape index (κ1) is 11.4. The van der Waals surface area contributed by atoms with Gasteiger partial charge in [0, 0.05) is 6.04 Å². The average molecular weight is 252 g/mol. The van der Waals surface area contributed by atoms with Crippen LogP contribution < -0.4 is 10.6 Å². The number of fused-ring (bicyclic) bond motifs is 2. The Morgan fingerprint density at radius 3 is 2.78 bits per heavy atom. The van der Waals surface area contributed by atoms with E-state index in [9.17, 15) is 13.6 Å². The van der Waals surface area contributed by atoms with Gasteiger partial charge in [0.1, 0.15) is 0 Å². The maximum atomic E-state index is 13.8. The van der Waals surface area contributed by atoms with Crippen LogP contribution in [-0.2, 0) is 4.79 Å². The molecular weight excluding hydrogens is 238 g/mol. The summed E-state index contributed by atoms with van der Waals surface area (Å²) in [5.74, 6) is -2.07. The number of hydrogen-bond acceptors (Lipinski definition) is 2. The number of carbonyl (C=O) groups is 1. The summed E-state index contributed by atoms with van der Waals surface area (Å²) in [7, 11) is 0. The minimum absolute atomic E-state index is 0.0812. The topological polar surface area (TPSA) is 41.1 Å². The zero-order valence-electron chi connectivity index (χ0n) is 9.80. The number of carbonyl (C=O) groups excluding carboxylic acids is 1. The van der Waals surface area contributed by atoms with E-state index in [0.29, 0.717) is 5.69 Å². The van der Waals surface area contributed by atoms with Crippen molar-refractivity contribution in [3.63, 3.8) is 0 Å². The number of anilines is 2. The molecule has 2 unspecified atom stereocenters. The summed E-state index contributed by atoms with van der Waals surface area (Å²) in [4.78, 5) is 12.0. The van der Waals surface area contributed by atoms with Gasteiger partial charge in [0.25, 0.3) is 0 Å². The third-order valence-electron chi connectivity index (χ3n) is 3.79. The summed E-state index contributed by atoms with van der Waals surface area (Å²) < 4.78 is 27.0. The van der Waals surface area contributed by atoms with Crippen molar-refractivity contribution < 1.29 is 13.6 Å². The first-order chi connectivity index (χ1) is 8.66. The summed E-state index contributed by atoms with van der Waals surface area (Å²) in [5.41, 5.74) is 0.408. The van der Waals surface area contributed by atoms with E-state index >= 15 is 0 Å². The fourth-order valence-electron chi connectivity index (χ4n) is 2.82. The molecule has 1 saturated carbocycles. The number of amides is 1. The zero-order chi connectivity index (χ0) is 12.7. The van der Waals surface area contributed by atoms with Crippen LogP contribution in [0.15, 0.2) is 12.1 Å². The molecular formula is C13H14F2N2O. The molecule has 2 aliphatic rings. The summed E-state index contributed by atoms with van der Waals surface area (Å²) in [6, 6.07) is 2.33. The van der Waals surface area contributed by atoms with Crippen molar-refractivity contribution in [3.05, 3.63) is 23.8 Å². The summed E-state index contributed by atoms with van der Waals surface area (Å²) >= 11 is 0. The highest BCUT2D eigenvalue weighted by Crippen LogP contribution is 2.36. The lowest BCUT2D eigenvalue weighted by atomic mass is 9.84. The minimum Gasteiger partial charge on any atom is -0.377 e. The molecule has 5 heteroatoms. The van der Waals surface area contributed by atoms with Crippen LogP contribution in [0.1, 0.15) is 25.7 Å². The Labute approximate surface area is 104 Å². The van der Waals surface area contributed by atoms with Gasteiger partial charge < -0.3 is 10.6 Å². The molecule has 1 heterocycles. The van der Waals surface area contributed by atoms with Gasteiger partial charge in [-0.25, -0.2) is 8.78 Å². The van der Waals surface area contributed by atoms with E-state index in [4.69, 9.17) is 0 Å². The van der Waals surface area contributed by atoms with Gasteiger partial charge in [0.15, 0.2) is 11.6 Å². The van der Waals surface area contributed by atoms with Gasteiger partial charge in [-0.3, -0.25) is 4.79 Å². The largest absolute Gasteiger partial charge is 0.377 e. The predicted molar refractivity (Wildman–Crippen MR) is 64.4 cm³/mol. The second-order valence-corrected chi connectivity index (χ2v) is 4.91. The van der Waals surface area contributed by atoms with Crippen molar-refractivity contribution in [3.8, 4) is 0 Å². The highest BCUT2D eigenvalue weighted by Gasteiger charge is 2.35. The van der Waals surface area contributed by atoms with E-state index < -0.39 is 11.6 Å². The molecule has 0 spiro atoms. The monoisotopic (exact) mass is 252 g/mol. The molecule has 1 aromatic rings. The van der Waals surface area contributed by atoms with E-state index in [-0.39, 0.29) is 23.6 Å². The van der Waals surface area contributed by atoms with Gasteiger partial charge in [-0.05, 0) is 25.0 Å². The lowest BCUT2D eigenvalue weighted by molar-refractivity contribution is -0.120. The molecule has 1 fully saturated rings. The van der Waals surface area contributed by atoms with Crippen LogP contribution in [-0.4, -0.2) is 11.9 Å². The Kier molecular flexibility index (Phi) is 2.69. The Bertz CT molecular complexity index is 504. The smallest absolute Gasteiger partial charge is 0.229 e. The molecule has 0 radical (unpaired) electrons. The lowest BCUT2D eigenvalue weighted by Gasteiger charge is -2.29. The number of nitrogens with one attached hydrogen (secondary N) is 2. The molecule has 2 atom stereocenters. The van der Waals surface area contributed by atoms with Gasteiger partial charge in [-0.1, -0.05) is 12.8 Å². The van der Waals surface area contributed by atoms with Crippen LogP contribution in [0.2, 0.25) is 0 Å². The van der Waals surface area contributed by atoms with E-state index in [1.807, 2.05) is 0 Å². The first-order valence-electron chi connectivity index (χ1n) is 6.22. The molecule has 96 valence electrons. The highest BCUT2D eigenvalue weighted by atomic mass is 19.2. The Hall–Kier alpha value is -1.65. The fourth-order valence-corrected chi connectivity index (χ4v) is 2.82. The molecule has 1 aliphatic carbocycles. The molecule has 1 aromatic carbocycles. The first-order valence-corrected chi connectivity index (χ1v) is 6.22. The molecule has 0 saturated heterocycles.